The molecular formula is C28H24N2O. The lowest BCUT2D eigenvalue weighted by Gasteiger charge is -2.25. The number of aromatic nitrogens is 2. The molecule has 1 aliphatic heterocycles. The molecule has 0 fully saturated rings. The Morgan fingerprint density at radius 3 is 2.39 bits per heavy atom. The minimum atomic E-state index is 0.131. The molecule has 2 aromatic heterocycles. The van der Waals surface area contributed by atoms with Crippen LogP contribution in [0.1, 0.15) is 34.1 Å². The summed E-state index contributed by atoms with van der Waals surface area (Å²) in [6.07, 6.45) is 2.79. The molecule has 3 heteroatoms. The van der Waals surface area contributed by atoms with Gasteiger partial charge in [-0.1, -0.05) is 66.7 Å². The van der Waals surface area contributed by atoms with Gasteiger partial charge < -0.3 is 4.57 Å². The van der Waals surface area contributed by atoms with Gasteiger partial charge in [-0.25, -0.2) is 0 Å². The smallest absolute Gasteiger partial charge is 0.259 e. The lowest BCUT2D eigenvalue weighted by atomic mass is 9.82. The van der Waals surface area contributed by atoms with Gasteiger partial charge in [0.2, 0.25) is 0 Å². The van der Waals surface area contributed by atoms with Gasteiger partial charge in [-0.3, -0.25) is 9.78 Å². The van der Waals surface area contributed by atoms with Crippen molar-refractivity contribution in [3.8, 4) is 22.3 Å². The zero-order valence-corrected chi connectivity index (χ0v) is 17.6. The number of hydrogen-bond acceptors (Lipinski definition) is 2. The van der Waals surface area contributed by atoms with Gasteiger partial charge in [0.25, 0.3) is 5.56 Å². The van der Waals surface area contributed by atoms with Crippen LogP contribution in [-0.4, -0.2) is 9.55 Å². The lowest BCUT2D eigenvalue weighted by Crippen LogP contribution is -2.26. The van der Waals surface area contributed by atoms with Crippen molar-refractivity contribution in [2.75, 3.05) is 0 Å². The normalized spacial score (nSPS) is 16.5. The summed E-state index contributed by atoms with van der Waals surface area (Å²) in [5.74, 6) is 0.349. The first kappa shape index (κ1) is 18.3. The summed E-state index contributed by atoms with van der Waals surface area (Å²) in [6, 6.07) is 25.0. The van der Waals surface area contributed by atoms with Crippen LogP contribution in [-0.2, 0) is 25.8 Å². The van der Waals surface area contributed by atoms with Crippen molar-refractivity contribution >= 4 is 0 Å². The highest BCUT2D eigenvalue weighted by Crippen LogP contribution is 2.43. The maximum Gasteiger partial charge on any atom is 0.259 e. The Bertz CT molecular complexity index is 1350. The van der Waals surface area contributed by atoms with Crippen LogP contribution in [0.5, 0.6) is 0 Å². The molecule has 0 bridgehead atoms. The van der Waals surface area contributed by atoms with Crippen LogP contribution < -0.4 is 5.56 Å². The van der Waals surface area contributed by atoms with Crippen LogP contribution in [0.4, 0.5) is 0 Å². The molecule has 6 rings (SSSR count). The first-order valence-electron chi connectivity index (χ1n) is 11.1. The summed E-state index contributed by atoms with van der Waals surface area (Å²) in [5.41, 5.74) is 10.2. The van der Waals surface area contributed by atoms with Crippen LogP contribution >= 0.6 is 0 Å². The molecular weight excluding hydrogens is 380 g/mol. The predicted octanol–water partition coefficient (Wildman–Crippen LogP) is 5.32. The van der Waals surface area contributed by atoms with Crippen molar-refractivity contribution < 1.29 is 0 Å². The molecule has 1 atom stereocenters. The second-order valence-corrected chi connectivity index (χ2v) is 8.72. The number of pyridine rings is 2. The summed E-state index contributed by atoms with van der Waals surface area (Å²) in [7, 11) is 0. The van der Waals surface area contributed by atoms with Gasteiger partial charge in [-0.05, 0) is 48.9 Å². The highest BCUT2D eigenvalue weighted by molar-refractivity contribution is 5.88. The molecule has 1 unspecified atom stereocenters. The van der Waals surface area contributed by atoms with E-state index in [1.807, 2.05) is 25.1 Å². The van der Waals surface area contributed by atoms with Crippen LogP contribution in [0.15, 0.2) is 77.6 Å². The second-order valence-electron chi connectivity index (χ2n) is 8.72. The van der Waals surface area contributed by atoms with Crippen molar-refractivity contribution in [2.45, 2.75) is 38.6 Å². The fourth-order valence-electron chi connectivity index (χ4n) is 5.43. The minimum absolute atomic E-state index is 0.131. The molecule has 2 aliphatic rings. The lowest BCUT2D eigenvalue weighted by molar-refractivity contribution is 0.639. The van der Waals surface area contributed by atoms with Crippen molar-refractivity contribution in [3.63, 3.8) is 0 Å². The van der Waals surface area contributed by atoms with E-state index in [4.69, 9.17) is 4.98 Å². The Labute approximate surface area is 182 Å². The summed E-state index contributed by atoms with van der Waals surface area (Å²) in [5, 5.41) is 0. The van der Waals surface area contributed by atoms with E-state index in [0.29, 0.717) is 5.92 Å². The zero-order chi connectivity index (χ0) is 20.9. The molecule has 0 amide bonds. The van der Waals surface area contributed by atoms with Crippen molar-refractivity contribution in [3.05, 3.63) is 111 Å². The van der Waals surface area contributed by atoms with E-state index in [1.165, 1.54) is 16.8 Å². The van der Waals surface area contributed by atoms with Gasteiger partial charge in [-0.2, -0.15) is 0 Å². The third kappa shape index (κ3) is 2.88. The standard InChI is InChI=1S/C28H24N2O/c1-18-12-13-22-24(29-18)15-14-23-25-16-21(19-8-4-2-5-9-19)17-30(25)28(31)26(27(22)23)20-10-6-3-7-11-20/h2-13,21H,14-17H2,1H3. The molecule has 4 aromatic rings. The van der Waals surface area contributed by atoms with Gasteiger partial charge in [0.15, 0.2) is 0 Å². The predicted molar refractivity (Wildman–Crippen MR) is 124 cm³/mol. The molecule has 0 saturated heterocycles. The Balaban J connectivity index is 1.62. The monoisotopic (exact) mass is 404 g/mol. The highest BCUT2D eigenvalue weighted by atomic mass is 16.1. The summed E-state index contributed by atoms with van der Waals surface area (Å²) in [6.45, 7) is 2.79. The summed E-state index contributed by atoms with van der Waals surface area (Å²) in [4.78, 5) is 18.8. The van der Waals surface area contributed by atoms with Gasteiger partial charge in [0, 0.05) is 40.7 Å². The number of benzene rings is 2. The van der Waals surface area contributed by atoms with Crippen LogP contribution in [0.3, 0.4) is 0 Å². The third-order valence-electron chi connectivity index (χ3n) is 6.86. The molecule has 0 N–H and O–H groups in total. The average molecular weight is 405 g/mol. The van der Waals surface area contributed by atoms with Crippen molar-refractivity contribution in [2.24, 2.45) is 0 Å². The van der Waals surface area contributed by atoms with Crippen LogP contribution in [0.25, 0.3) is 22.3 Å². The van der Waals surface area contributed by atoms with Crippen molar-refractivity contribution in [1.82, 2.24) is 9.55 Å². The average Bonchev–Trinajstić information content (AvgIpc) is 3.26. The number of aryl methyl sites for hydroxylation is 2. The molecule has 0 spiro atoms. The Hall–Kier alpha value is -3.46. The van der Waals surface area contributed by atoms with E-state index in [1.54, 1.807) is 0 Å². The fourth-order valence-corrected chi connectivity index (χ4v) is 5.43. The summed E-state index contributed by atoms with van der Waals surface area (Å²) < 4.78 is 2.06. The summed E-state index contributed by atoms with van der Waals surface area (Å²) >= 11 is 0. The SMILES string of the molecule is Cc1ccc2c(n1)CCc1c-2c(-c2ccccc2)c(=O)n2c1CC(c1ccccc1)C2. The first-order chi connectivity index (χ1) is 15.2. The van der Waals surface area contributed by atoms with Crippen LogP contribution in [0, 0.1) is 6.92 Å². The second kappa shape index (κ2) is 7.05. The molecule has 31 heavy (non-hydrogen) atoms. The number of nitrogens with zero attached hydrogens (tertiary/aromatic N) is 2. The minimum Gasteiger partial charge on any atom is -0.311 e. The number of hydrogen-bond donors (Lipinski definition) is 0. The number of fused-ring (bicyclic) bond motifs is 5. The van der Waals surface area contributed by atoms with Crippen LogP contribution in [0.2, 0.25) is 0 Å². The molecule has 152 valence electrons. The maximum atomic E-state index is 13.9. The van der Waals surface area contributed by atoms with E-state index in [2.05, 4.69) is 59.2 Å². The van der Waals surface area contributed by atoms with Gasteiger partial charge in [0.05, 0.1) is 5.56 Å². The third-order valence-corrected chi connectivity index (χ3v) is 6.86. The van der Waals surface area contributed by atoms with Gasteiger partial charge >= 0.3 is 0 Å². The molecule has 3 nitrogen and oxygen atoms in total. The van der Waals surface area contributed by atoms with Gasteiger partial charge in [-0.15, -0.1) is 0 Å². The Kier molecular flexibility index (Phi) is 4.17. The quantitative estimate of drug-likeness (QED) is 0.453. The maximum absolute atomic E-state index is 13.9. The molecule has 3 heterocycles. The Morgan fingerprint density at radius 2 is 1.61 bits per heavy atom. The molecule has 2 aromatic carbocycles. The number of rotatable bonds is 2. The van der Waals surface area contributed by atoms with E-state index >= 15 is 0 Å². The molecule has 0 radical (unpaired) electrons. The van der Waals surface area contributed by atoms with Gasteiger partial charge in [0.1, 0.15) is 0 Å². The van der Waals surface area contributed by atoms with E-state index < -0.39 is 0 Å². The Morgan fingerprint density at radius 1 is 0.871 bits per heavy atom. The molecule has 1 aliphatic carbocycles. The topological polar surface area (TPSA) is 34.9 Å². The van der Waals surface area contributed by atoms with E-state index in [-0.39, 0.29) is 5.56 Å². The van der Waals surface area contributed by atoms with E-state index in [9.17, 15) is 4.79 Å². The molecule has 0 saturated carbocycles. The largest absolute Gasteiger partial charge is 0.311 e. The zero-order valence-electron chi connectivity index (χ0n) is 17.6. The fraction of sp³-hybridized carbons (Fsp3) is 0.214. The van der Waals surface area contributed by atoms with E-state index in [0.717, 1.165) is 59.4 Å². The first-order valence-corrected chi connectivity index (χ1v) is 11.1. The highest BCUT2D eigenvalue weighted by Gasteiger charge is 2.33. The van der Waals surface area contributed by atoms with Crippen molar-refractivity contribution in [1.29, 1.82) is 0 Å².